The molecule has 1 unspecified atom stereocenters. The number of carbonyl (C=O) groups excluding carboxylic acids is 1. The van der Waals surface area contributed by atoms with Crippen LogP contribution in [0.3, 0.4) is 0 Å². The number of nitrogen functional groups attached to an aromatic ring is 1. The summed E-state index contributed by atoms with van der Waals surface area (Å²) in [6, 6.07) is 5.68. The van der Waals surface area contributed by atoms with Crippen LogP contribution < -0.4 is 11.1 Å². The second-order valence-electron chi connectivity index (χ2n) is 4.23. The zero-order valence-corrected chi connectivity index (χ0v) is 13.0. The molecule has 0 bridgehead atoms. The molecule has 100 valence electrons. The number of aromatic nitrogens is 1. The zero-order valence-electron chi connectivity index (χ0n) is 10.6. The van der Waals surface area contributed by atoms with Gasteiger partial charge in [0, 0.05) is 20.4 Å². The number of aryl methyl sites for hydroxylation is 1. The van der Waals surface area contributed by atoms with E-state index in [1.54, 1.807) is 23.6 Å². The van der Waals surface area contributed by atoms with E-state index in [4.69, 9.17) is 5.73 Å². The minimum atomic E-state index is -0.218. The molecule has 0 aliphatic heterocycles. The Balaban J connectivity index is 2.15. The molecule has 6 heteroatoms. The van der Waals surface area contributed by atoms with Crippen molar-refractivity contribution in [2.45, 2.75) is 19.9 Å². The Bertz CT molecular complexity index is 612. The molecule has 1 amide bonds. The van der Waals surface area contributed by atoms with E-state index in [2.05, 4.69) is 26.2 Å². The van der Waals surface area contributed by atoms with Gasteiger partial charge in [-0.2, -0.15) is 0 Å². The molecule has 4 nitrogen and oxygen atoms in total. The van der Waals surface area contributed by atoms with Crippen LogP contribution in [0, 0.1) is 6.92 Å². The lowest BCUT2D eigenvalue weighted by Gasteiger charge is -2.13. The molecule has 19 heavy (non-hydrogen) atoms. The third-order valence-corrected chi connectivity index (χ3v) is 4.28. The summed E-state index contributed by atoms with van der Waals surface area (Å²) in [6.45, 7) is 3.99. The first kappa shape index (κ1) is 14.0. The van der Waals surface area contributed by atoms with Gasteiger partial charge in [0.25, 0.3) is 5.91 Å². The Morgan fingerprint density at radius 2 is 2.26 bits per heavy atom. The van der Waals surface area contributed by atoms with Gasteiger partial charge in [0.2, 0.25) is 0 Å². The SMILES string of the molecule is Cc1ccc(C(C)NC(=O)c2cc(Br)cnc2N)s1. The standard InChI is InChI=1S/C13H14BrN3OS/c1-7-3-4-11(19-7)8(2)17-13(18)10-5-9(14)6-16-12(10)15/h3-6,8H,1-2H3,(H2,15,16)(H,17,18). The molecule has 0 fully saturated rings. The first-order valence-corrected chi connectivity index (χ1v) is 7.36. The van der Waals surface area contributed by atoms with Crippen molar-refractivity contribution in [1.29, 1.82) is 0 Å². The first-order chi connectivity index (χ1) is 8.97. The molecule has 0 radical (unpaired) electrons. The number of nitrogens with zero attached hydrogens (tertiary/aromatic N) is 1. The molecular formula is C13H14BrN3OS. The van der Waals surface area contributed by atoms with Crippen molar-refractivity contribution in [3.8, 4) is 0 Å². The van der Waals surface area contributed by atoms with E-state index in [9.17, 15) is 4.79 Å². The summed E-state index contributed by atoms with van der Waals surface area (Å²) in [7, 11) is 0. The fourth-order valence-electron chi connectivity index (χ4n) is 1.66. The summed E-state index contributed by atoms with van der Waals surface area (Å²) < 4.78 is 0.728. The maximum absolute atomic E-state index is 12.2. The molecular weight excluding hydrogens is 326 g/mol. The van der Waals surface area contributed by atoms with Crippen LogP contribution in [0.4, 0.5) is 5.82 Å². The number of pyridine rings is 1. The van der Waals surface area contributed by atoms with E-state index in [-0.39, 0.29) is 17.8 Å². The van der Waals surface area contributed by atoms with E-state index >= 15 is 0 Å². The molecule has 0 aliphatic carbocycles. The van der Waals surface area contributed by atoms with Gasteiger partial charge in [0.05, 0.1) is 11.6 Å². The summed E-state index contributed by atoms with van der Waals surface area (Å²) in [4.78, 5) is 18.5. The van der Waals surface area contributed by atoms with Crippen molar-refractivity contribution in [2.24, 2.45) is 0 Å². The normalized spacial score (nSPS) is 12.2. The predicted molar refractivity (Wildman–Crippen MR) is 81.3 cm³/mol. The second-order valence-corrected chi connectivity index (χ2v) is 6.47. The van der Waals surface area contributed by atoms with Crippen LogP contribution in [0.1, 0.15) is 33.1 Å². The van der Waals surface area contributed by atoms with Crippen LogP contribution in [0.5, 0.6) is 0 Å². The van der Waals surface area contributed by atoms with E-state index in [0.717, 1.165) is 9.35 Å². The van der Waals surface area contributed by atoms with Gasteiger partial charge in [0.15, 0.2) is 0 Å². The summed E-state index contributed by atoms with van der Waals surface area (Å²) >= 11 is 4.95. The number of anilines is 1. The van der Waals surface area contributed by atoms with Gasteiger partial charge in [-0.25, -0.2) is 4.98 Å². The number of amides is 1. The van der Waals surface area contributed by atoms with E-state index in [0.29, 0.717) is 5.56 Å². The first-order valence-electron chi connectivity index (χ1n) is 5.75. The van der Waals surface area contributed by atoms with Crippen molar-refractivity contribution in [3.63, 3.8) is 0 Å². The number of carbonyl (C=O) groups is 1. The van der Waals surface area contributed by atoms with Gasteiger partial charge in [-0.15, -0.1) is 11.3 Å². The fourth-order valence-corrected chi connectivity index (χ4v) is 2.87. The van der Waals surface area contributed by atoms with Crippen LogP contribution in [0.15, 0.2) is 28.9 Å². The quantitative estimate of drug-likeness (QED) is 0.901. The molecule has 0 spiro atoms. The highest BCUT2D eigenvalue weighted by molar-refractivity contribution is 9.10. The maximum atomic E-state index is 12.2. The average Bonchev–Trinajstić information content (AvgIpc) is 2.79. The van der Waals surface area contributed by atoms with Crippen molar-refractivity contribution in [3.05, 3.63) is 44.2 Å². The van der Waals surface area contributed by atoms with Crippen molar-refractivity contribution in [1.82, 2.24) is 10.3 Å². The van der Waals surface area contributed by atoms with Crippen LogP contribution in [-0.4, -0.2) is 10.9 Å². The van der Waals surface area contributed by atoms with Crippen molar-refractivity contribution >= 4 is 39.0 Å². The molecule has 0 aliphatic rings. The smallest absolute Gasteiger partial charge is 0.255 e. The number of nitrogens with one attached hydrogen (secondary N) is 1. The highest BCUT2D eigenvalue weighted by Crippen LogP contribution is 2.23. The van der Waals surface area contributed by atoms with Gasteiger partial charge >= 0.3 is 0 Å². The van der Waals surface area contributed by atoms with E-state index < -0.39 is 0 Å². The van der Waals surface area contributed by atoms with Gasteiger partial charge in [0.1, 0.15) is 5.82 Å². The zero-order chi connectivity index (χ0) is 14.0. The summed E-state index contributed by atoms with van der Waals surface area (Å²) in [5.41, 5.74) is 6.10. The monoisotopic (exact) mass is 339 g/mol. The average molecular weight is 340 g/mol. The lowest BCUT2D eigenvalue weighted by atomic mass is 10.2. The lowest BCUT2D eigenvalue weighted by molar-refractivity contribution is 0.0941. The summed E-state index contributed by atoms with van der Waals surface area (Å²) in [5, 5.41) is 2.92. The number of halogens is 1. The minimum Gasteiger partial charge on any atom is -0.383 e. The Hall–Kier alpha value is -1.40. The number of hydrogen-bond donors (Lipinski definition) is 2. The van der Waals surface area contributed by atoms with Crippen molar-refractivity contribution < 1.29 is 4.79 Å². The molecule has 3 N–H and O–H groups in total. The molecule has 2 aromatic rings. The molecule has 1 atom stereocenters. The number of nitrogens with two attached hydrogens (primary N) is 1. The lowest BCUT2D eigenvalue weighted by Crippen LogP contribution is -2.27. The van der Waals surface area contributed by atoms with Crippen LogP contribution >= 0.6 is 27.3 Å². The minimum absolute atomic E-state index is 0.0513. The van der Waals surface area contributed by atoms with Crippen molar-refractivity contribution in [2.75, 3.05) is 5.73 Å². The molecule has 2 rings (SSSR count). The highest BCUT2D eigenvalue weighted by Gasteiger charge is 2.15. The Kier molecular flexibility index (Phi) is 4.21. The van der Waals surface area contributed by atoms with Crippen LogP contribution in [0.25, 0.3) is 0 Å². The largest absolute Gasteiger partial charge is 0.383 e. The van der Waals surface area contributed by atoms with E-state index in [1.807, 2.05) is 26.0 Å². The van der Waals surface area contributed by atoms with E-state index in [1.165, 1.54) is 4.88 Å². The van der Waals surface area contributed by atoms with Gasteiger partial charge in [-0.05, 0) is 48.0 Å². The fraction of sp³-hybridized carbons (Fsp3) is 0.231. The summed E-state index contributed by atoms with van der Waals surface area (Å²) in [5.74, 6) is 0.0140. The van der Waals surface area contributed by atoms with Crippen LogP contribution in [0.2, 0.25) is 0 Å². The van der Waals surface area contributed by atoms with Gasteiger partial charge in [-0.1, -0.05) is 0 Å². The topological polar surface area (TPSA) is 68.0 Å². The number of thiophene rings is 1. The van der Waals surface area contributed by atoms with Gasteiger partial charge in [-0.3, -0.25) is 4.79 Å². The Morgan fingerprint density at radius 3 is 2.89 bits per heavy atom. The maximum Gasteiger partial charge on any atom is 0.255 e. The molecule has 0 aromatic carbocycles. The predicted octanol–water partition coefficient (Wildman–Crippen LogP) is 3.29. The number of hydrogen-bond acceptors (Lipinski definition) is 4. The van der Waals surface area contributed by atoms with Gasteiger partial charge < -0.3 is 11.1 Å². The third-order valence-electron chi connectivity index (χ3n) is 2.67. The van der Waals surface area contributed by atoms with Crippen LogP contribution in [-0.2, 0) is 0 Å². The molecule has 2 aromatic heterocycles. The second kappa shape index (κ2) is 5.71. The number of rotatable bonds is 3. The Morgan fingerprint density at radius 1 is 1.53 bits per heavy atom. The molecule has 0 saturated heterocycles. The highest BCUT2D eigenvalue weighted by atomic mass is 79.9. The molecule has 0 saturated carbocycles. The molecule has 2 heterocycles. The summed E-state index contributed by atoms with van der Waals surface area (Å²) in [6.07, 6.45) is 1.57. The Labute approximate surface area is 124 Å². The third kappa shape index (κ3) is 3.33.